The van der Waals surface area contributed by atoms with Gasteiger partial charge in [-0.2, -0.15) is 0 Å². The second-order valence-electron chi connectivity index (χ2n) is 5.90. The van der Waals surface area contributed by atoms with Crippen LogP contribution in [-0.2, 0) is 6.42 Å². The van der Waals surface area contributed by atoms with Gasteiger partial charge in [0, 0.05) is 32.2 Å². The SMILES string of the molecule is CCOc1cc(CCCN2CCN(C)CC2)cc([N+](=O)[O-])c1O. The van der Waals surface area contributed by atoms with E-state index >= 15 is 0 Å². The summed E-state index contributed by atoms with van der Waals surface area (Å²) in [6.45, 7) is 7.42. The number of hydrogen-bond acceptors (Lipinski definition) is 6. The van der Waals surface area contributed by atoms with Crippen molar-refractivity contribution >= 4 is 5.69 Å². The minimum absolute atomic E-state index is 0.191. The lowest BCUT2D eigenvalue weighted by Crippen LogP contribution is -2.44. The largest absolute Gasteiger partial charge is 0.500 e. The van der Waals surface area contributed by atoms with Gasteiger partial charge in [0.2, 0.25) is 5.75 Å². The van der Waals surface area contributed by atoms with Crippen LogP contribution in [0.1, 0.15) is 18.9 Å². The molecule has 1 aliphatic rings. The Bertz CT molecular complexity index is 542. The highest BCUT2D eigenvalue weighted by atomic mass is 16.6. The van der Waals surface area contributed by atoms with Gasteiger partial charge < -0.3 is 19.6 Å². The molecule has 128 valence electrons. The van der Waals surface area contributed by atoms with Crippen LogP contribution in [0.2, 0.25) is 0 Å². The summed E-state index contributed by atoms with van der Waals surface area (Å²) in [6, 6.07) is 3.15. The van der Waals surface area contributed by atoms with Gasteiger partial charge in [0.15, 0.2) is 5.75 Å². The van der Waals surface area contributed by atoms with Crippen LogP contribution in [-0.4, -0.2) is 66.2 Å². The molecule has 1 saturated heterocycles. The van der Waals surface area contributed by atoms with Crippen molar-refractivity contribution in [2.24, 2.45) is 0 Å². The Morgan fingerprint density at radius 3 is 2.61 bits per heavy atom. The van der Waals surface area contributed by atoms with Crippen molar-refractivity contribution in [1.82, 2.24) is 9.80 Å². The number of benzene rings is 1. The molecule has 0 atom stereocenters. The molecule has 0 aliphatic carbocycles. The van der Waals surface area contributed by atoms with Crippen molar-refractivity contribution in [2.75, 3.05) is 46.4 Å². The topological polar surface area (TPSA) is 79.1 Å². The second-order valence-corrected chi connectivity index (χ2v) is 5.90. The molecule has 0 aromatic heterocycles. The summed E-state index contributed by atoms with van der Waals surface area (Å²) in [5, 5.41) is 20.9. The standard InChI is InChI=1S/C16H25N3O4/c1-3-23-15-12-13(11-14(16(15)20)19(21)22)5-4-6-18-9-7-17(2)8-10-18/h11-12,20H,3-10H2,1-2H3. The first-order valence-corrected chi connectivity index (χ1v) is 8.05. The number of rotatable bonds is 7. The summed E-state index contributed by atoms with van der Waals surface area (Å²) < 4.78 is 5.31. The lowest BCUT2D eigenvalue weighted by atomic mass is 10.1. The number of nitrogens with zero attached hydrogens (tertiary/aromatic N) is 3. The van der Waals surface area contributed by atoms with Crippen LogP contribution in [0.3, 0.4) is 0 Å². The van der Waals surface area contributed by atoms with E-state index in [1.165, 1.54) is 6.07 Å². The van der Waals surface area contributed by atoms with Crippen molar-refractivity contribution in [3.63, 3.8) is 0 Å². The van der Waals surface area contributed by atoms with Crippen molar-refractivity contribution in [3.8, 4) is 11.5 Å². The van der Waals surface area contributed by atoms with Crippen molar-refractivity contribution < 1.29 is 14.8 Å². The summed E-state index contributed by atoms with van der Waals surface area (Å²) in [6.07, 6.45) is 1.66. The minimum Gasteiger partial charge on any atom is -0.500 e. The maximum absolute atomic E-state index is 11.1. The van der Waals surface area contributed by atoms with Gasteiger partial charge in [-0.05, 0) is 45.0 Å². The first-order valence-electron chi connectivity index (χ1n) is 8.05. The molecule has 1 fully saturated rings. The number of hydrogen-bond donors (Lipinski definition) is 1. The Kier molecular flexibility index (Phi) is 6.18. The zero-order valence-electron chi connectivity index (χ0n) is 13.8. The van der Waals surface area contributed by atoms with Crippen LogP contribution in [0, 0.1) is 10.1 Å². The Morgan fingerprint density at radius 1 is 1.30 bits per heavy atom. The number of likely N-dealkylation sites (N-methyl/N-ethyl adjacent to an activating group) is 1. The molecule has 0 unspecified atom stereocenters. The Balaban J connectivity index is 1.97. The number of aromatic hydroxyl groups is 1. The van der Waals surface area contributed by atoms with Gasteiger partial charge in [-0.25, -0.2) is 0 Å². The predicted molar refractivity (Wildman–Crippen MR) is 88.2 cm³/mol. The molecule has 1 aromatic rings. The van der Waals surface area contributed by atoms with Crippen molar-refractivity contribution in [2.45, 2.75) is 19.8 Å². The van der Waals surface area contributed by atoms with E-state index in [1.807, 2.05) is 0 Å². The van der Waals surface area contributed by atoms with Gasteiger partial charge in [0.1, 0.15) is 0 Å². The smallest absolute Gasteiger partial charge is 0.314 e. The van der Waals surface area contributed by atoms with Crippen molar-refractivity contribution in [1.29, 1.82) is 0 Å². The number of nitro benzene ring substituents is 1. The fourth-order valence-electron chi connectivity index (χ4n) is 2.78. The van der Waals surface area contributed by atoms with Crippen LogP contribution in [0.5, 0.6) is 11.5 Å². The molecule has 0 bridgehead atoms. The van der Waals surface area contributed by atoms with Gasteiger partial charge >= 0.3 is 5.69 Å². The minimum atomic E-state index is -0.568. The number of phenols is 1. The van der Waals surface area contributed by atoms with E-state index in [0.717, 1.165) is 51.1 Å². The van der Waals surface area contributed by atoms with Gasteiger partial charge in [0.05, 0.1) is 11.5 Å². The molecule has 0 radical (unpaired) electrons. The molecular weight excluding hydrogens is 298 g/mol. The average Bonchev–Trinajstić information content (AvgIpc) is 2.52. The number of piperazine rings is 1. The predicted octanol–water partition coefficient (Wildman–Crippen LogP) is 1.88. The fraction of sp³-hybridized carbons (Fsp3) is 0.625. The Morgan fingerprint density at radius 2 is 2.00 bits per heavy atom. The molecule has 0 saturated carbocycles. The molecule has 7 heteroatoms. The van der Waals surface area contributed by atoms with E-state index in [9.17, 15) is 15.2 Å². The Hall–Kier alpha value is -1.86. The lowest BCUT2D eigenvalue weighted by molar-refractivity contribution is -0.386. The maximum Gasteiger partial charge on any atom is 0.314 e. The normalized spacial score (nSPS) is 16.4. The summed E-state index contributed by atoms with van der Waals surface area (Å²) in [4.78, 5) is 15.2. The summed E-state index contributed by atoms with van der Waals surface area (Å²) in [5.41, 5.74) is 0.539. The monoisotopic (exact) mass is 323 g/mol. The molecule has 7 nitrogen and oxygen atoms in total. The fourth-order valence-corrected chi connectivity index (χ4v) is 2.78. The van der Waals surface area contributed by atoms with E-state index < -0.39 is 4.92 Å². The zero-order chi connectivity index (χ0) is 16.8. The van der Waals surface area contributed by atoms with Gasteiger partial charge in [0.25, 0.3) is 0 Å². The van der Waals surface area contributed by atoms with Crippen LogP contribution in [0.15, 0.2) is 12.1 Å². The van der Waals surface area contributed by atoms with E-state index in [2.05, 4.69) is 16.8 Å². The first-order chi connectivity index (χ1) is 11.0. The van der Waals surface area contributed by atoms with Crippen LogP contribution in [0.4, 0.5) is 5.69 Å². The summed E-state index contributed by atoms with van der Waals surface area (Å²) in [7, 11) is 2.13. The first kappa shape index (κ1) is 17.5. The second kappa shape index (κ2) is 8.12. The molecule has 0 amide bonds. The number of phenolic OH excluding ortho intramolecular Hbond substituents is 1. The molecule has 23 heavy (non-hydrogen) atoms. The van der Waals surface area contributed by atoms with Gasteiger partial charge in [-0.1, -0.05) is 0 Å². The molecule has 2 rings (SSSR count). The zero-order valence-corrected chi connectivity index (χ0v) is 13.8. The van der Waals surface area contributed by atoms with E-state index in [4.69, 9.17) is 4.74 Å². The number of ether oxygens (including phenoxy) is 1. The van der Waals surface area contributed by atoms with Crippen LogP contribution >= 0.6 is 0 Å². The highest BCUT2D eigenvalue weighted by Crippen LogP contribution is 2.37. The average molecular weight is 323 g/mol. The summed E-state index contributed by atoms with van der Waals surface area (Å²) >= 11 is 0. The molecule has 1 heterocycles. The van der Waals surface area contributed by atoms with Crippen LogP contribution in [0.25, 0.3) is 0 Å². The van der Waals surface area contributed by atoms with E-state index in [1.54, 1.807) is 13.0 Å². The van der Waals surface area contributed by atoms with Gasteiger partial charge in [-0.3, -0.25) is 10.1 Å². The molecule has 1 aromatic carbocycles. The molecular formula is C16H25N3O4. The lowest BCUT2D eigenvalue weighted by Gasteiger charge is -2.32. The third-order valence-corrected chi connectivity index (χ3v) is 4.15. The quantitative estimate of drug-likeness (QED) is 0.610. The molecule has 1 N–H and O–H groups in total. The van der Waals surface area contributed by atoms with Crippen molar-refractivity contribution in [3.05, 3.63) is 27.8 Å². The molecule has 1 aliphatic heterocycles. The highest BCUT2D eigenvalue weighted by molar-refractivity contribution is 5.57. The Labute approximate surface area is 136 Å². The number of aryl methyl sites for hydroxylation is 1. The van der Waals surface area contributed by atoms with E-state index in [0.29, 0.717) is 6.61 Å². The number of nitro groups is 1. The third kappa shape index (κ3) is 4.80. The highest BCUT2D eigenvalue weighted by Gasteiger charge is 2.20. The maximum atomic E-state index is 11.1. The molecule has 0 spiro atoms. The van der Waals surface area contributed by atoms with E-state index in [-0.39, 0.29) is 17.2 Å². The van der Waals surface area contributed by atoms with Gasteiger partial charge in [-0.15, -0.1) is 0 Å². The summed E-state index contributed by atoms with van der Waals surface area (Å²) in [5.74, 6) is -0.198. The third-order valence-electron chi connectivity index (χ3n) is 4.15. The van der Waals surface area contributed by atoms with Crippen LogP contribution < -0.4 is 4.74 Å².